The number of anilines is 1. The van der Waals surface area contributed by atoms with Gasteiger partial charge in [-0.2, -0.15) is 0 Å². The highest BCUT2D eigenvalue weighted by atomic mass is 16.6. The Hall–Kier alpha value is -3.42. The minimum atomic E-state index is -0.471. The summed E-state index contributed by atoms with van der Waals surface area (Å²) in [6, 6.07) is 10.1. The van der Waals surface area contributed by atoms with Gasteiger partial charge in [-0.3, -0.25) is 14.9 Å². The third kappa shape index (κ3) is 4.41. The smallest absolute Gasteiger partial charge is 0.287 e. The van der Waals surface area contributed by atoms with Gasteiger partial charge in [-0.1, -0.05) is 12.7 Å². The van der Waals surface area contributed by atoms with E-state index in [2.05, 4.69) is 11.6 Å². The fraction of sp³-hybridized carbons (Fsp3) is 0.263. The highest BCUT2D eigenvalue weighted by molar-refractivity contribution is 5.94. The molecule has 8 nitrogen and oxygen atoms in total. The Labute approximate surface area is 156 Å². The molecule has 0 aliphatic carbocycles. The Morgan fingerprint density at radius 3 is 2.44 bits per heavy atom. The van der Waals surface area contributed by atoms with Crippen LogP contribution in [0.5, 0.6) is 5.75 Å². The van der Waals surface area contributed by atoms with Crippen LogP contribution in [0.4, 0.5) is 11.5 Å². The van der Waals surface area contributed by atoms with Gasteiger partial charge < -0.3 is 14.5 Å². The number of nitrogens with zero attached hydrogens (tertiary/aromatic N) is 4. The number of hydrogen-bond acceptors (Lipinski definition) is 6. The summed E-state index contributed by atoms with van der Waals surface area (Å²) in [4.78, 5) is 30.8. The third-order valence-electron chi connectivity index (χ3n) is 4.30. The molecule has 0 unspecified atom stereocenters. The van der Waals surface area contributed by atoms with E-state index in [-0.39, 0.29) is 11.6 Å². The van der Waals surface area contributed by atoms with Crippen LogP contribution in [0.2, 0.25) is 0 Å². The first-order chi connectivity index (χ1) is 13.1. The maximum atomic E-state index is 12.6. The molecule has 0 radical (unpaired) electrons. The van der Waals surface area contributed by atoms with Gasteiger partial charge >= 0.3 is 0 Å². The second kappa shape index (κ2) is 8.31. The van der Waals surface area contributed by atoms with E-state index in [1.807, 2.05) is 4.90 Å². The van der Waals surface area contributed by atoms with Crippen LogP contribution in [0, 0.1) is 10.1 Å². The number of nitro groups is 1. The molecule has 0 bridgehead atoms. The Morgan fingerprint density at radius 2 is 1.89 bits per heavy atom. The van der Waals surface area contributed by atoms with E-state index >= 15 is 0 Å². The van der Waals surface area contributed by atoms with E-state index in [0.717, 1.165) is 0 Å². The summed E-state index contributed by atoms with van der Waals surface area (Å²) in [6.45, 7) is 6.39. The maximum Gasteiger partial charge on any atom is 0.287 e. The largest absolute Gasteiger partial charge is 0.490 e. The molecule has 0 atom stereocenters. The van der Waals surface area contributed by atoms with Crippen molar-refractivity contribution in [2.24, 2.45) is 0 Å². The Morgan fingerprint density at radius 1 is 1.19 bits per heavy atom. The lowest BCUT2D eigenvalue weighted by Gasteiger charge is -2.35. The summed E-state index contributed by atoms with van der Waals surface area (Å²) in [5.74, 6) is 1.35. The molecule has 0 spiro atoms. The summed E-state index contributed by atoms with van der Waals surface area (Å²) in [7, 11) is 0. The number of carbonyl (C=O) groups is 1. The first-order valence-electron chi connectivity index (χ1n) is 8.57. The van der Waals surface area contributed by atoms with Crippen LogP contribution in [0.3, 0.4) is 0 Å². The lowest BCUT2D eigenvalue weighted by molar-refractivity contribution is -0.385. The minimum Gasteiger partial charge on any atom is -0.490 e. The Bertz CT molecular complexity index is 813. The Balaban J connectivity index is 1.57. The summed E-state index contributed by atoms with van der Waals surface area (Å²) in [5.41, 5.74) is 0.580. The number of benzene rings is 1. The van der Waals surface area contributed by atoms with Crippen molar-refractivity contribution in [3.63, 3.8) is 0 Å². The van der Waals surface area contributed by atoms with E-state index in [1.165, 1.54) is 12.3 Å². The van der Waals surface area contributed by atoms with Gasteiger partial charge in [-0.05, 0) is 30.3 Å². The van der Waals surface area contributed by atoms with Crippen LogP contribution >= 0.6 is 0 Å². The van der Waals surface area contributed by atoms with Gasteiger partial charge in [-0.25, -0.2) is 4.98 Å². The van der Waals surface area contributed by atoms with E-state index in [0.29, 0.717) is 49.9 Å². The van der Waals surface area contributed by atoms with Gasteiger partial charge in [0.25, 0.3) is 11.6 Å². The number of ether oxygens (including phenoxy) is 1. The van der Waals surface area contributed by atoms with Crippen molar-refractivity contribution in [1.82, 2.24) is 9.88 Å². The minimum absolute atomic E-state index is 0.0263. The fourth-order valence-corrected chi connectivity index (χ4v) is 2.84. The van der Waals surface area contributed by atoms with Gasteiger partial charge in [0.1, 0.15) is 24.4 Å². The molecular weight excluding hydrogens is 348 g/mol. The number of carbonyl (C=O) groups excluding carboxylic acids is 1. The van der Waals surface area contributed by atoms with Crippen molar-refractivity contribution < 1.29 is 14.5 Å². The van der Waals surface area contributed by atoms with Gasteiger partial charge in [0.05, 0.1) is 4.92 Å². The highest BCUT2D eigenvalue weighted by Crippen LogP contribution is 2.19. The number of amides is 1. The number of rotatable bonds is 6. The van der Waals surface area contributed by atoms with Crippen LogP contribution in [0.1, 0.15) is 10.4 Å². The standard InChI is InChI=1S/C19H20N4O4/c1-2-13-27-17-6-3-15(4-7-17)19(24)22-11-9-21(10-12-22)18-8-5-16(14-20-18)23(25)26/h2-8,14H,1,9-13H2. The summed E-state index contributed by atoms with van der Waals surface area (Å²) in [5, 5.41) is 10.7. The van der Waals surface area contributed by atoms with Gasteiger partial charge in [0, 0.05) is 37.8 Å². The molecule has 1 saturated heterocycles. The Kier molecular flexibility index (Phi) is 5.65. The zero-order chi connectivity index (χ0) is 19.2. The average Bonchev–Trinajstić information content (AvgIpc) is 2.72. The van der Waals surface area contributed by atoms with Crippen LogP contribution in [0.25, 0.3) is 0 Å². The molecule has 1 aliphatic heterocycles. The van der Waals surface area contributed by atoms with Crippen molar-refractivity contribution >= 4 is 17.4 Å². The number of aromatic nitrogens is 1. The topological polar surface area (TPSA) is 88.8 Å². The predicted octanol–water partition coefficient (Wildman–Crippen LogP) is 2.52. The highest BCUT2D eigenvalue weighted by Gasteiger charge is 2.23. The van der Waals surface area contributed by atoms with E-state index in [9.17, 15) is 14.9 Å². The van der Waals surface area contributed by atoms with Gasteiger partial charge in [-0.15, -0.1) is 0 Å². The molecule has 0 N–H and O–H groups in total. The number of piperazine rings is 1. The average molecular weight is 368 g/mol. The quantitative estimate of drug-likeness (QED) is 0.442. The molecule has 1 amide bonds. The van der Waals surface area contributed by atoms with Crippen molar-refractivity contribution in [2.75, 3.05) is 37.7 Å². The molecule has 8 heteroatoms. The molecular formula is C19H20N4O4. The van der Waals surface area contributed by atoms with Crippen molar-refractivity contribution in [3.8, 4) is 5.75 Å². The molecule has 1 aromatic carbocycles. The maximum absolute atomic E-state index is 12.6. The van der Waals surface area contributed by atoms with Gasteiger partial charge in [0.15, 0.2) is 0 Å². The molecule has 3 rings (SSSR count). The molecule has 1 fully saturated rings. The molecule has 1 aliphatic rings. The summed E-state index contributed by atoms with van der Waals surface area (Å²) >= 11 is 0. The van der Waals surface area contributed by atoms with Crippen LogP contribution in [-0.4, -0.2) is 53.5 Å². The molecule has 27 heavy (non-hydrogen) atoms. The lowest BCUT2D eigenvalue weighted by Crippen LogP contribution is -2.49. The summed E-state index contributed by atoms with van der Waals surface area (Å²) < 4.78 is 5.42. The predicted molar refractivity (Wildman–Crippen MR) is 101 cm³/mol. The third-order valence-corrected chi connectivity index (χ3v) is 4.30. The zero-order valence-electron chi connectivity index (χ0n) is 14.8. The lowest BCUT2D eigenvalue weighted by atomic mass is 10.1. The van der Waals surface area contributed by atoms with Crippen LogP contribution in [-0.2, 0) is 0 Å². The second-order valence-electron chi connectivity index (χ2n) is 6.04. The van der Waals surface area contributed by atoms with Gasteiger partial charge in [0.2, 0.25) is 0 Å². The normalized spacial score (nSPS) is 13.9. The second-order valence-corrected chi connectivity index (χ2v) is 6.04. The monoisotopic (exact) mass is 368 g/mol. The zero-order valence-corrected chi connectivity index (χ0v) is 14.8. The summed E-state index contributed by atoms with van der Waals surface area (Å²) in [6.07, 6.45) is 2.92. The number of pyridine rings is 1. The molecule has 2 heterocycles. The first kappa shape index (κ1) is 18.4. The molecule has 1 aromatic heterocycles. The fourth-order valence-electron chi connectivity index (χ4n) is 2.84. The molecule has 140 valence electrons. The van der Waals surface area contributed by atoms with E-state index in [1.54, 1.807) is 41.3 Å². The first-order valence-corrected chi connectivity index (χ1v) is 8.57. The molecule has 0 saturated carbocycles. The van der Waals surface area contributed by atoms with Crippen molar-refractivity contribution in [2.45, 2.75) is 0 Å². The van der Waals surface area contributed by atoms with Crippen molar-refractivity contribution in [3.05, 3.63) is 70.9 Å². The molecule has 2 aromatic rings. The van der Waals surface area contributed by atoms with E-state index in [4.69, 9.17) is 4.74 Å². The van der Waals surface area contributed by atoms with Crippen molar-refractivity contribution in [1.29, 1.82) is 0 Å². The SMILES string of the molecule is C=CCOc1ccc(C(=O)N2CCN(c3ccc([N+](=O)[O-])cn3)CC2)cc1. The van der Waals surface area contributed by atoms with Crippen LogP contribution < -0.4 is 9.64 Å². The van der Waals surface area contributed by atoms with Crippen LogP contribution in [0.15, 0.2) is 55.3 Å². The number of hydrogen-bond donors (Lipinski definition) is 0. The van der Waals surface area contributed by atoms with E-state index < -0.39 is 4.92 Å².